The van der Waals surface area contributed by atoms with E-state index in [0.29, 0.717) is 12.2 Å². The molecule has 0 radical (unpaired) electrons. The zero-order valence-corrected chi connectivity index (χ0v) is 11.2. The van der Waals surface area contributed by atoms with E-state index in [1.54, 1.807) is 25.6 Å². The number of pyridine rings is 1. The van der Waals surface area contributed by atoms with Crippen LogP contribution in [0.25, 0.3) is 0 Å². The minimum absolute atomic E-state index is 0.0252. The third kappa shape index (κ3) is 4.00. The molecular weight excluding hydrogens is 230 g/mol. The fraction of sp³-hybridized carbons (Fsp3) is 0.538. The molecule has 1 aromatic heterocycles. The Morgan fingerprint density at radius 3 is 2.89 bits per heavy atom. The van der Waals surface area contributed by atoms with Crippen LogP contribution in [0.15, 0.2) is 18.5 Å². The molecular formula is C13H21N3O2. The van der Waals surface area contributed by atoms with Gasteiger partial charge in [-0.15, -0.1) is 0 Å². The van der Waals surface area contributed by atoms with Gasteiger partial charge < -0.3 is 15.4 Å². The lowest BCUT2D eigenvalue weighted by Gasteiger charge is -2.17. The van der Waals surface area contributed by atoms with E-state index in [9.17, 15) is 4.79 Å². The molecule has 2 N–H and O–H groups in total. The molecule has 0 aromatic carbocycles. The summed E-state index contributed by atoms with van der Waals surface area (Å²) in [6.07, 6.45) is 4.07. The fourth-order valence-corrected chi connectivity index (χ4v) is 1.65. The zero-order valence-electron chi connectivity index (χ0n) is 11.2. The fourth-order valence-electron chi connectivity index (χ4n) is 1.65. The van der Waals surface area contributed by atoms with Gasteiger partial charge in [0.15, 0.2) is 0 Å². The van der Waals surface area contributed by atoms with Crippen molar-refractivity contribution in [3.8, 4) is 0 Å². The molecule has 1 amide bonds. The highest BCUT2D eigenvalue weighted by Crippen LogP contribution is 2.13. The number of anilines is 1. The van der Waals surface area contributed by atoms with Crippen molar-refractivity contribution in [3.63, 3.8) is 0 Å². The molecule has 0 aliphatic carbocycles. The average Bonchev–Trinajstić information content (AvgIpc) is 2.39. The number of hydrogen-bond donors (Lipinski definition) is 2. The van der Waals surface area contributed by atoms with E-state index >= 15 is 0 Å². The van der Waals surface area contributed by atoms with Crippen LogP contribution in [0.1, 0.15) is 30.6 Å². The Hall–Kier alpha value is -1.62. The molecule has 0 aliphatic rings. The summed E-state index contributed by atoms with van der Waals surface area (Å²) in [6, 6.07) is 1.83. The summed E-state index contributed by atoms with van der Waals surface area (Å²) in [5.74, 6) is -0.122. The molecule has 0 aliphatic heterocycles. The summed E-state index contributed by atoms with van der Waals surface area (Å²) in [5.41, 5.74) is 1.37. The maximum absolute atomic E-state index is 12.1. The Morgan fingerprint density at radius 1 is 1.50 bits per heavy atom. The van der Waals surface area contributed by atoms with Crippen LogP contribution in [0.4, 0.5) is 5.69 Å². The van der Waals surface area contributed by atoms with Crippen molar-refractivity contribution < 1.29 is 9.53 Å². The van der Waals surface area contributed by atoms with E-state index in [2.05, 4.69) is 15.6 Å². The van der Waals surface area contributed by atoms with E-state index in [-0.39, 0.29) is 11.9 Å². The number of carbonyl (C=O) groups is 1. The molecule has 5 nitrogen and oxygen atoms in total. The highest BCUT2D eigenvalue weighted by molar-refractivity contribution is 5.99. The topological polar surface area (TPSA) is 63.2 Å². The summed E-state index contributed by atoms with van der Waals surface area (Å²) in [6.45, 7) is 5.28. The van der Waals surface area contributed by atoms with Crippen molar-refractivity contribution in [2.24, 2.45) is 0 Å². The van der Waals surface area contributed by atoms with Gasteiger partial charge in [0.2, 0.25) is 0 Å². The lowest BCUT2D eigenvalue weighted by atomic mass is 10.2. The second-order valence-corrected chi connectivity index (χ2v) is 3.99. The third-order valence-corrected chi connectivity index (χ3v) is 2.63. The first-order valence-corrected chi connectivity index (χ1v) is 6.20. The first kappa shape index (κ1) is 14.4. The van der Waals surface area contributed by atoms with Gasteiger partial charge in [-0.3, -0.25) is 9.78 Å². The number of nitrogens with one attached hydrogen (secondary N) is 2. The Labute approximate surface area is 108 Å². The number of nitrogens with zero attached hydrogens (tertiary/aromatic N) is 1. The summed E-state index contributed by atoms with van der Waals surface area (Å²) in [5, 5.41) is 6.09. The van der Waals surface area contributed by atoms with Crippen LogP contribution < -0.4 is 10.6 Å². The molecule has 0 fully saturated rings. The van der Waals surface area contributed by atoms with Gasteiger partial charge in [0, 0.05) is 26.0 Å². The zero-order chi connectivity index (χ0) is 13.4. The van der Waals surface area contributed by atoms with Crippen LogP contribution in [0.5, 0.6) is 0 Å². The van der Waals surface area contributed by atoms with Crippen molar-refractivity contribution in [2.75, 3.05) is 25.6 Å². The quantitative estimate of drug-likeness (QED) is 0.773. The highest BCUT2D eigenvalue weighted by atomic mass is 16.5. The molecule has 5 heteroatoms. The largest absolute Gasteiger partial charge is 0.385 e. The molecule has 1 rings (SSSR count). The van der Waals surface area contributed by atoms with E-state index in [1.807, 2.05) is 13.8 Å². The Morgan fingerprint density at radius 2 is 2.28 bits per heavy atom. The number of carbonyl (C=O) groups excluding carboxylic acids is 1. The Bertz CT molecular complexity index is 382. The summed E-state index contributed by atoms with van der Waals surface area (Å²) in [4.78, 5) is 16.1. The van der Waals surface area contributed by atoms with Crippen molar-refractivity contribution in [1.29, 1.82) is 0 Å². The van der Waals surface area contributed by atoms with Crippen molar-refractivity contribution in [2.45, 2.75) is 26.3 Å². The maximum Gasteiger partial charge on any atom is 0.255 e. The van der Waals surface area contributed by atoms with Gasteiger partial charge in [-0.1, -0.05) is 6.92 Å². The van der Waals surface area contributed by atoms with Gasteiger partial charge in [-0.05, 0) is 19.4 Å². The van der Waals surface area contributed by atoms with Gasteiger partial charge in [0.25, 0.3) is 5.91 Å². The number of methoxy groups -OCH3 is 1. The van der Waals surface area contributed by atoms with Crippen LogP contribution in [0, 0.1) is 0 Å². The molecule has 0 bridgehead atoms. The van der Waals surface area contributed by atoms with E-state index in [4.69, 9.17) is 4.74 Å². The molecule has 0 spiro atoms. The van der Waals surface area contributed by atoms with Crippen molar-refractivity contribution in [3.05, 3.63) is 24.0 Å². The third-order valence-electron chi connectivity index (χ3n) is 2.63. The smallest absolute Gasteiger partial charge is 0.255 e. The number of aromatic nitrogens is 1. The molecule has 100 valence electrons. The normalized spacial score (nSPS) is 11.9. The van der Waals surface area contributed by atoms with Crippen molar-refractivity contribution in [1.82, 2.24) is 10.3 Å². The summed E-state index contributed by atoms with van der Waals surface area (Å²) in [7, 11) is 1.63. The molecule has 18 heavy (non-hydrogen) atoms. The van der Waals surface area contributed by atoms with Crippen LogP contribution in [-0.4, -0.2) is 37.2 Å². The Kier molecular flexibility index (Phi) is 6.14. The predicted molar refractivity (Wildman–Crippen MR) is 71.8 cm³/mol. The Balaban J connectivity index is 2.76. The maximum atomic E-state index is 12.1. The first-order chi connectivity index (χ1) is 8.72. The van der Waals surface area contributed by atoms with Crippen LogP contribution in [0.2, 0.25) is 0 Å². The van der Waals surface area contributed by atoms with Gasteiger partial charge >= 0.3 is 0 Å². The van der Waals surface area contributed by atoms with Gasteiger partial charge in [-0.2, -0.15) is 0 Å². The van der Waals surface area contributed by atoms with Crippen LogP contribution in [0.3, 0.4) is 0 Å². The number of ether oxygens (including phenoxy) is 1. The van der Waals surface area contributed by atoms with Crippen LogP contribution in [-0.2, 0) is 4.74 Å². The van der Waals surface area contributed by atoms with Crippen molar-refractivity contribution >= 4 is 11.6 Å². The minimum Gasteiger partial charge on any atom is -0.385 e. The molecule has 1 heterocycles. The number of amides is 1. The number of rotatable bonds is 7. The summed E-state index contributed by atoms with van der Waals surface area (Å²) < 4.78 is 5.06. The van der Waals surface area contributed by atoms with E-state index in [1.165, 1.54) is 0 Å². The van der Waals surface area contributed by atoms with E-state index in [0.717, 1.165) is 18.7 Å². The second-order valence-electron chi connectivity index (χ2n) is 3.99. The SMILES string of the molecule is CCNc1ccncc1C(=O)NC(CC)COC. The molecule has 0 saturated carbocycles. The molecule has 1 unspecified atom stereocenters. The standard InChI is InChI=1S/C13H21N3O2/c1-4-10(9-18-3)16-13(17)11-8-14-7-6-12(11)15-5-2/h6-8,10H,4-5,9H2,1-3H3,(H,14,15)(H,16,17). The lowest BCUT2D eigenvalue weighted by Crippen LogP contribution is -2.37. The molecule has 1 aromatic rings. The van der Waals surface area contributed by atoms with E-state index < -0.39 is 0 Å². The second kappa shape index (κ2) is 7.66. The van der Waals surface area contributed by atoms with Gasteiger partial charge in [-0.25, -0.2) is 0 Å². The minimum atomic E-state index is -0.122. The van der Waals surface area contributed by atoms with Gasteiger partial charge in [0.05, 0.1) is 23.9 Å². The number of hydrogen-bond acceptors (Lipinski definition) is 4. The molecule has 1 atom stereocenters. The van der Waals surface area contributed by atoms with Gasteiger partial charge in [0.1, 0.15) is 0 Å². The lowest BCUT2D eigenvalue weighted by molar-refractivity contribution is 0.0895. The molecule has 0 saturated heterocycles. The first-order valence-electron chi connectivity index (χ1n) is 6.20. The summed E-state index contributed by atoms with van der Waals surface area (Å²) >= 11 is 0. The predicted octanol–water partition coefficient (Wildman–Crippen LogP) is 1.67. The van der Waals surface area contributed by atoms with Crippen LogP contribution >= 0.6 is 0 Å². The average molecular weight is 251 g/mol. The monoisotopic (exact) mass is 251 g/mol. The highest BCUT2D eigenvalue weighted by Gasteiger charge is 2.15.